The highest BCUT2D eigenvalue weighted by molar-refractivity contribution is 5.72. The van der Waals surface area contributed by atoms with Crippen LogP contribution in [-0.2, 0) is 17.5 Å². The zero-order valence-electron chi connectivity index (χ0n) is 17.5. The van der Waals surface area contributed by atoms with Gasteiger partial charge >= 0.3 is 12.1 Å². The van der Waals surface area contributed by atoms with Gasteiger partial charge in [-0.3, -0.25) is 9.69 Å². The predicted octanol–water partition coefficient (Wildman–Crippen LogP) is 4.38. The van der Waals surface area contributed by atoms with Crippen molar-refractivity contribution in [1.82, 2.24) is 4.90 Å². The summed E-state index contributed by atoms with van der Waals surface area (Å²) in [7, 11) is 0. The zero-order valence-corrected chi connectivity index (χ0v) is 17.5. The van der Waals surface area contributed by atoms with Crippen LogP contribution in [0.1, 0.15) is 29.5 Å². The molecule has 0 radical (unpaired) electrons. The first-order chi connectivity index (χ1) is 15.2. The molecule has 168 valence electrons. The lowest BCUT2D eigenvalue weighted by atomic mass is 9.70. The highest BCUT2D eigenvalue weighted by Crippen LogP contribution is 2.46. The van der Waals surface area contributed by atoms with Crippen molar-refractivity contribution in [2.45, 2.75) is 25.6 Å². The minimum absolute atomic E-state index is 0.392. The van der Waals surface area contributed by atoms with Gasteiger partial charge in [0, 0.05) is 43.8 Å². The third kappa shape index (κ3) is 4.30. The topological polar surface area (TPSA) is 67.6 Å². The summed E-state index contributed by atoms with van der Waals surface area (Å²) < 4.78 is 40.0. The van der Waals surface area contributed by atoms with Crippen LogP contribution in [0.2, 0.25) is 0 Å². The van der Waals surface area contributed by atoms with E-state index in [1.54, 1.807) is 6.07 Å². The first kappa shape index (κ1) is 22.2. The van der Waals surface area contributed by atoms with E-state index in [0.29, 0.717) is 51.3 Å². The molecule has 0 aliphatic carbocycles. The van der Waals surface area contributed by atoms with Gasteiger partial charge in [-0.05, 0) is 36.6 Å². The number of carbonyl (C=O) groups is 1. The molecule has 2 aliphatic rings. The molecule has 1 atom stereocenters. The van der Waals surface area contributed by atoms with Crippen molar-refractivity contribution in [3.63, 3.8) is 0 Å². The van der Waals surface area contributed by atoms with Crippen molar-refractivity contribution >= 4 is 11.7 Å². The first-order valence-electron chi connectivity index (χ1n) is 10.6. The molecule has 2 saturated heterocycles. The summed E-state index contributed by atoms with van der Waals surface area (Å²) in [5.41, 5.74) is -0.180. The van der Waals surface area contributed by atoms with Crippen LogP contribution in [-0.4, -0.2) is 42.2 Å². The number of nitriles is 1. The minimum atomic E-state index is -4.60. The number of carboxylic acids is 1. The fourth-order valence-electron chi connectivity index (χ4n) is 5.15. The normalized spacial score (nSPS) is 20.9. The van der Waals surface area contributed by atoms with E-state index in [2.05, 4.69) is 4.90 Å². The van der Waals surface area contributed by atoms with Crippen molar-refractivity contribution in [3.8, 4) is 6.07 Å². The first-order valence-corrected chi connectivity index (χ1v) is 10.6. The number of likely N-dealkylation sites (tertiary alicyclic amines) is 1. The lowest BCUT2D eigenvalue weighted by Gasteiger charge is -2.42. The second kappa shape index (κ2) is 8.47. The lowest BCUT2D eigenvalue weighted by Crippen LogP contribution is -2.46. The van der Waals surface area contributed by atoms with Crippen LogP contribution in [0.3, 0.4) is 0 Å². The van der Waals surface area contributed by atoms with Gasteiger partial charge in [0.05, 0.1) is 23.1 Å². The van der Waals surface area contributed by atoms with Gasteiger partial charge < -0.3 is 10.0 Å². The molecule has 0 amide bonds. The second-order valence-corrected chi connectivity index (χ2v) is 8.73. The summed E-state index contributed by atoms with van der Waals surface area (Å²) in [5, 5.41) is 18.9. The molecule has 5 nitrogen and oxygen atoms in total. The number of piperidine rings is 1. The summed E-state index contributed by atoms with van der Waals surface area (Å²) in [6.45, 7) is 2.77. The maximum absolute atomic E-state index is 13.3. The Morgan fingerprint density at radius 1 is 1.16 bits per heavy atom. The number of rotatable bonds is 4. The van der Waals surface area contributed by atoms with Crippen molar-refractivity contribution in [2.24, 2.45) is 11.3 Å². The van der Waals surface area contributed by atoms with Crippen LogP contribution in [0.15, 0.2) is 48.5 Å². The molecule has 4 rings (SSSR count). The number of aliphatic carboxylic acids is 1. The molecule has 0 aromatic heterocycles. The van der Waals surface area contributed by atoms with Crippen molar-refractivity contribution in [2.75, 3.05) is 31.1 Å². The molecule has 0 saturated carbocycles. The number of hydrogen-bond acceptors (Lipinski definition) is 4. The van der Waals surface area contributed by atoms with Crippen molar-refractivity contribution in [1.29, 1.82) is 5.26 Å². The second-order valence-electron chi connectivity index (χ2n) is 8.73. The van der Waals surface area contributed by atoms with Gasteiger partial charge in [0.1, 0.15) is 0 Å². The van der Waals surface area contributed by atoms with Gasteiger partial charge in [-0.1, -0.05) is 30.3 Å². The summed E-state index contributed by atoms with van der Waals surface area (Å²) >= 11 is 0. The highest BCUT2D eigenvalue weighted by atomic mass is 19.4. The van der Waals surface area contributed by atoms with E-state index in [1.807, 2.05) is 35.2 Å². The standard InChI is InChI=1S/C24H24F3N3O2/c25-24(26,27)20-12-19(7-6-18(20)13-28)30-10-8-23(9-11-30)16-29(15-21(23)22(31)32)14-17-4-2-1-3-5-17/h1-7,12,21H,8-11,14-16H2,(H,31,32). The fraction of sp³-hybridized carbons (Fsp3) is 0.417. The molecule has 32 heavy (non-hydrogen) atoms. The Kier molecular flexibility index (Phi) is 5.87. The quantitative estimate of drug-likeness (QED) is 0.760. The number of halogens is 3. The Hall–Kier alpha value is -3.05. The van der Waals surface area contributed by atoms with E-state index in [1.165, 1.54) is 12.1 Å². The number of carboxylic acid groups (broad SMARTS) is 1. The Morgan fingerprint density at radius 2 is 1.84 bits per heavy atom. The number of benzene rings is 2. The maximum Gasteiger partial charge on any atom is 0.417 e. The van der Waals surface area contributed by atoms with Crippen LogP contribution in [0.5, 0.6) is 0 Å². The van der Waals surface area contributed by atoms with Crippen LogP contribution in [0.4, 0.5) is 18.9 Å². The molecule has 2 aliphatic heterocycles. The average Bonchev–Trinajstić information content (AvgIpc) is 3.11. The smallest absolute Gasteiger partial charge is 0.417 e. The number of anilines is 1. The van der Waals surface area contributed by atoms with E-state index < -0.39 is 34.6 Å². The summed E-state index contributed by atoms with van der Waals surface area (Å²) in [6, 6.07) is 15.3. The van der Waals surface area contributed by atoms with Crippen LogP contribution < -0.4 is 4.90 Å². The summed E-state index contributed by atoms with van der Waals surface area (Å²) in [4.78, 5) is 16.1. The molecule has 2 fully saturated rings. The van der Waals surface area contributed by atoms with Crippen LogP contribution in [0.25, 0.3) is 0 Å². The average molecular weight is 443 g/mol. The van der Waals surface area contributed by atoms with E-state index in [9.17, 15) is 23.1 Å². The molecule has 2 aromatic carbocycles. The summed E-state index contributed by atoms with van der Waals surface area (Å²) in [6.07, 6.45) is -3.41. The van der Waals surface area contributed by atoms with Crippen LogP contribution in [0, 0.1) is 22.7 Å². The third-order valence-electron chi connectivity index (χ3n) is 6.82. The van der Waals surface area contributed by atoms with Gasteiger partial charge in [-0.2, -0.15) is 18.4 Å². The molecule has 2 heterocycles. The molecular weight excluding hydrogens is 419 g/mol. The molecule has 2 aromatic rings. The van der Waals surface area contributed by atoms with E-state index >= 15 is 0 Å². The molecule has 1 spiro atoms. The molecule has 1 unspecified atom stereocenters. The van der Waals surface area contributed by atoms with Gasteiger partial charge in [0.15, 0.2) is 0 Å². The third-order valence-corrected chi connectivity index (χ3v) is 6.82. The number of hydrogen-bond donors (Lipinski definition) is 1. The Labute approximate surface area is 184 Å². The Morgan fingerprint density at radius 3 is 2.44 bits per heavy atom. The maximum atomic E-state index is 13.3. The minimum Gasteiger partial charge on any atom is -0.481 e. The van der Waals surface area contributed by atoms with Crippen LogP contribution >= 0.6 is 0 Å². The SMILES string of the molecule is N#Cc1ccc(N2CCC3(CC2)CN(Cc2ccccc2)CC3C(=O)O)cc1C(F)(F)F. The zero-order chi connectivity index (χ0) is 22.9. The Bertz CT molecular complexity index is 1030. The number of alkyl halides is 3. The van der Waals surface area contributed by atoms with Gasteiger partial charge in [-0.15, -0.1) is 0 Å². The Balaban J connectivity index is 1.50. The molecule has 1 N–H and O–H groups in total. The molecule has 0 bridgehead atoms. The summed E-state index contributed by atoms with van der Waals surface area (Å²) in [5.74, 6) is -1.31. The van der Waals surface area contributed by atoms with Gasteiger partial charge in [0.2, 0.25) is 0 Å². The predicted molar refractivity (Wildman–Crippen MR) is 113 cm³/mol. The fourth-order valence-corrected chi connectivity index (χ4v) is 5.15. The van der Waals surface area contributed by atoms with E-state index in [0.717, 1.165) is 11.6 Å². The largest absolute Gasteiger partial charge is 0.481 e. The van der Waals surface area contributed by atoms with Crippen molar-refractivity contribution < 1.29 is 23.1 Å². The molecule has 8 heteroatoms. The van der Waals surface area contributed by atoms with E-state index in [-0.39, 0.29) is 0 Å². The number of nitrogens with zero attached hydrogens (tertiary/aromatic N) is 3. The van der Waals surface area contributed by atoms with E-state index in [4.69, 9.17) is 5.26 Å². The molecular formula is C24H24F3N3O2. The lowest BCUT2D eigenvalue weighted by molar-refractivity contribution is -0.145. The highest BCUT2D eigenvalue weighted by Gasteiger charge is 2.51. The monoisotopic (exact) mass is 443 g/mol. The van der Waals surface area contributed by atoms with Crippen molar-refractivity contribution in [3.05, 3.63) is 65.2 Å². The van der Waals surface area contributed by atoms with Gasteiger partial charge in [0.25, 0.3) is 0 Å². The van der Waals surface area contributed by atoms with Gasteiger partial charge in [-0.25, -0.2) is 0 Å².